The Morgan fingerprint density at radius 1 is 1.14 bits per heavy atom. The molecule has 29 heavy (non-hydrogen) atoms. The van der Waals surface area contributed by atoms with Gasteiger partial charge in [-0.25, -0.2) is 4.98 Å². The molecular formula is C22H24N6O. The van der Waals surface area contributed by atoms with Crippen molar-refractivity contribution in [2.75, 3.05) is 47.8 Å². The molecule has 1 aromatic heterocycles. The van der Waals surface area contributed by atoms with Crippen LogP contribution in [0.1, 0.15) is 24.0 Å². The fourth-order valence-electron chi connectivity index (χ4n) is 4.59. The molecule has 7 heteroatoms. The third kappa shape index (κ3) is 3.40. The number of rotatable bonds is 3. The first-order valence-electron chi connectivity index (χ1n) is 10.3. The van der Waals surface area contributed by atoms with Crippen molar-refractivity contribution in [2.45, 2.75) is 25.4 Å². The maximum atomic E-state index is 12.3. The zero-order chi connectivity index (χ0) is 19.8. The summed E-state index contributed by atoms with van der Waals surface area (Å²) >= 11 is 0. The molecule has 5 rings (SSSR count). The van der Waals surface area contributed by atoms with Crippen molar-refractivity contribution >= 4 is 23.1 Å². The summed E-state index contributed by atoms with van der Waals surface area (Å²) in [5.74, 6) is 1.02. The Kier molecular flexibility index (Phi) is 4.57. The largest absolute Gasteiger partial charge is 0.369 e. The summed E-state index contributed by atoms with van der Waals surface area (Å²) < 4.78 is 0. The molecule has 0 aliphatic carbocycles. The minimum atomic E-state index is -0.0452. The maximum Gasteiger partial charge on any atom is 0.247 e. The predicted octanol–water partition coefficient (Wildman–Crippen LogP) is 2.20. The van der Waals surface area contributed by atoms with E-state index in [0.717, 1.165) is 69.2 Å². The van der Waals surface area contributed by atoms with Crippen molar-refractivity contribution in [3.05, 3.63) is 47.7 Å². The number of carbonyl (C=O) groups excluding carboxylic acids is 1. The summed E-state index contributed by atoms with van der Waals surface area (Å²) in [5, 5.41) is 12.0. The van der Waals surface area contributed by atoms with Gasteiger partial charge in [-0.1, -0.05) is 0 Å². The van der Waals surface area contributed by atoms with Crippen molar-refractivity contribution in [1.29, 1.82) is 5.26 Å². The van der Waals surface area contributed by atoms with Crippen molar-refractivity contribution in [1.82, 2.24) is 9.88 Å². The lowest BCUT2D eigenvalue weighted by Gasteiger charge is -2.36. The number of fused-ring (bicyclic) bond motifs is 3. The predicted molar refractivity (Wildman–Crippen MR) is 112 cm³/mol. The van der Waals surface area contributed by atoms with Crippen LogP contribution in [0.15, 0.2) is 36.5 Å². The second kappa shape index (κ2) is 7.37. The molecule has 0 radical (unpaired) electrons. The first-order chi connectivity index (χ1) is 14.2. The molecular weight excluding hydrogens is 364 g/mol. The lowest BCUT2D eigenvalue weighted by atomic mass is 10.1. The fraction of sp³-hybridized carbons (Fsp3) is 0.409. The standard InChI is InChI=1S/C22H24N6O/c23-13-16-3-5-18(6-4-16)27-10-8-26(9-11-27)15-17-12-19-21(24-14-17)28-7-1-2-20(28)22(29)25-19/h3-6,12,14,20H,1-2,7-11,15H2,(H,25,29)/t20-/m0/s1. The molecule has 0 bridgehead atoms. The molecule has 1 amide bonds. The molecule has 148 valence electrons. The number of hydrogen-bond acceptors (Lipinski definition) is 6. The van der Waals surface area contributed by atoms with Crippen LogP contribution in [-0.4, -0.2) is 54.6 Å². The van der Waals surface area contributed by atoms with Crippen LogP contribution in [0.25, 0.3) is 0 Å². The number of hydrogen-bond donors (Lipinski definition) is 1. The van der Waals surface area contributed by atoms with Gasteiger partial charge in [-0.3, -0.25) is 9.69 Å². The van der Waals surface area contributed by atoms with Gasteiger partial charge in [0.2, 0.25) is 5.91 Å². The number of nitriles is 1. The molecule has 4 heterocycles. The number of pyridine rings is 1. The molecule has 7 nitrogen and oxygen atoms in total. The van der Waals surface area contributed by atoms with Crippen molar-refractivity contribution in [3.8, 4) is 6.07 Å². The first-order valence-corrected chi connectivity index (χ1v) is 10.3. The number of nitrogens with one attached hydrogen (secondary N) is 1. The van der Waals surface area contributed by atoms with Gasteiger partial charge in [-0.05, 0) is 48.7 Å². The zero-order valence-corrected chi connectivity index (χ0v) is 16.3. The van der Waals surface area contributed by atoms with Gasteiger partial charge in [0.25, 0.3) is 0 Å². The highest BCUT2D eigenvalue weighted by atomic mass is 16.2. The summed E-state index contributed by atoms with van der Waals surface area (Å²) in [6.45, 7) is 5.59. The molecule has 3 aliphatic rings. The van der Waals surface area contributed by atoms with E-state index >= 15 is 0 Å². The van der Waals surface area contributed by atoms with Crippen LogP contribution in [0.4, 0.5) is 17.2 Å². The zero-order valence-electron chi connectivity index (χ0n) is 16.3. The Morgan fingerprint density at radius 3 is 2.69 bits per heavy atom. The molecule has 2 fully saturated rings. The molecule has 1 atom stereocenters. The normalized spacial score (nSPS) is 21.3. The molecule has 0 saturated carbocycles. The molecule has 2 saturated heterocycles. The Bertz CT molecular complexity index is 958. The maximum absolute atomic E-state index is 12.3. The van der Waals surface area contributed by atoms with E-state index in [0.29, 0.717) is 5.56 Å². The van der Waals surface area contributed by atoms with E-state index in [-0.39, 0.29) is 11.9 Å². The van der Waals surface area contributed by atoms with E-state index in [1.807, 2.05) is 30.5 Å². The second-order valence-corrected chi connectivity index (χ2v) is 7.98. The van der Waals surface area contributed by atoms with Crippen LogP contribution >= 0.6 is 0 Å². The van der Waals surface area contributed by atoms with E-state index < -0.39 is 0 Å². The van der Waals surface area contributed by atoms with Crippen LogP contribution < -0.4 is 15.1 Å². The number of anilines is 3. The average molecular weight is 388 g/mol. The molecule has 3 aliphatic heterocycles. The summed E-state index contributed by atoms with van der Waals surface area (Å²) in [6, 6.07) is 12.0. The van der Waals surface area contributed by atoms with Gasteiger partial charge >= 0.3 is 0 Å². The topological polar surface area (TPSA) is 75.5 Å². The minimum absolute atomic E-state index is 0.0452. The van der Waals surface area contributed by atoms with Gasteiger partial charge in [0.05, 0.1) is 17.3 Å². The van der Waals surface area contributed by atoms with E-state index in [4.69, 9.17) is 5.26 Å². The van der Waals surface area contributed by atoms with E-state index in [9.17, 15) is 4.79 Å². The number of aromatic nitrogens is 1. The van der Waals surface area contributed by atoms with Crippen LogP contribution in [0.5, 0.6) is 0 Å². The van der Waals surface area contributed by atoms with Crippen LogP contribution in [0.3, 0.4) is 0 Å². The molecule has 0 spiro atoms. The van der Waals surface area contributed by atoms with Gasteiger partial charge < -0.3 is 15.1 Å². The van der Waals surface area contributed by atoms with E-state index in [1.165, 1.54) is 5.69 Å². The lowest BCUT2D eigenvalue weighted by molar-refractivity contribution is -0.117. The molecule has 2 aromatic rings. The Hall–Kier alpha value is -3.11. The lowest BCUT2D eigenvalue weighted by Crippen LogP contribution is -2.46. The number of benzene rings is 1. The quantitative estimate of drug-likeness (QED) is 0.869. The highest BCUT2D eigenvalue weighted by Gasteiger charge is 2.37. The number of amides is 1. The van der Waals surface area contributed by atoms with Crippen LogP contribution in [-0.2, 0) is 11.3 Å². The molecule has 0 unspecified atom stereocenters. The number of piperazine rings is 1. The summed E-state index contributed by atoms with van der Waals surface area (Å²) in [7, 11) is 0. The van der Waals surface area contributed by atoms with Crippen molar-refractivity contribution in [3.63, 3.8) is 0 Å². The van der Waals surface area contributed by atoms with E-state index in [2.05, 4.69) is 37.1 Å². The van der Waals surface area contributed by atoms with Crippen molar-refractivity contribution in [2.24, 2.45) is 0 Å². The Labute approximate surface area is 170 Å². The Balaban J connectivity index is 1.22. The average Bonchev–Trinajstić information content (AvgIpc) is 3.25. The van der Waals surface area contributed by atoms with Gasteiger partial charge in [-0.15, -0.1) is 0 Å². The van der Waals surface area contributed by atoms with Crippen LogP contribution in [0.2, 0.25) is 0 Å². The van der Waals surface area contributed by atoms with Gasteiger partial charge in [0.15, 0.2) is 5.82 Å². The third-order valence-corrected chi connectivity index (χ3v) is 6.15. The summed E-state index contributed by atoms with van der Waals surface area (Å²) in [5.41, 5.74) is 3.84. The minimum Gasteiger partial charge on any atom is -0.369 e. The van der Waals surface area contributed by atoms with Gasteiger partial charge in [-0.2, -0.15) is 5.26 Å². The highest BCUT2D eigenvalue weighted by Crippen LogP contribution is 2.35. The monoisotopic (exact) mass is 388 g/mol. The first kappa shape index (κ1) is 18.0. The molecule has 1 N–H and O–H groups in total. The highest BCUT2D eigenvalue weighted by molar-refractivity contribution is 6.03. The fourth-order valence-corrected chi connectivity index (χ4v) is 4.59. The van der Waals surface area contributed by atoms with Gasteiger partial charge in [0.1, 0.15) is 6.04 Å². The Morgan fingerprint density at radius 2 is 1.93 bits per heavy atom. The van der Waals surface area contributed by atoms with E-state index in [1.54, 1.807) is 0 Å². The van der Waals surface area contributed by atoms with Crippen LogP contribution in [0, 0.1) is 11.3 Å². The van der Waals surface area contributed by atoms with Crippen molar-refractivity contribution < 1.29 is 4.79 Å². The third-order valence-electron chi connectivity index (χ3n) is 6.15. The van der Waals surface area contributed by atoms with Gasteiger partial charge in [0, 0.05) is 51.2 Å². The number of nitrogens with zero attached hydrogens (tertiary/aromatic N) is 5. The SMILES string of the molecule is N#Cc1ccc(N2CCN(Cc3cnc4c(c3)NC(=O)[C@@H]3CCCN43)CC2)cc1. The second-order valence-electron chi connectivity index (χ2n) is 7.98. The summed E-state index contributed by atoms with van der Waals surface area (Å²) in [4.78, 5) is 24.0. The number of carbonyl (C=O) groups is 1. The smallest absolute Gasteiger partial charge is 0.247 e. The molecule has 1 aromatic carbocycles. The summed E-state index contributed by atoms with van der Waals surface area (Å²) in [6.07, 6.45) is 3.92.